The van der Waals surface area contributed by atoms with Gasteiger partial charge in [0.25, 0.3) is 0 Å². The molecular formula is C12H11BrN2OS. The van der Waals surface area contributed by atoms with Gasteiger partial charge in [-0.1, -0.05) is 39.4 Å². The summed E-state index contributed by atoms with van der Waals surface area (Å²) in [4.78, 5) is 16.7. The number of hydrogen-bond donors (Lipinski definition) is 1. The van der Waals surface area contributed by atoms with Crippen molar-refractivity contribution < 1.29 is 4.79 Å². The Morgan fingerprint density at radius 1 is 1.35 bits per heavy atom. The van der Waals surface area contributed by atoms with Crippen LogP contribution in [0.5, 0.6) is 0 Å². The maximum absolute atomic E-state index is 11.5. The number of nitrogens with one attached hydrogen (secondary N) is 1. The minimum Gasteiger partial charge on any atom is -0.365 e. The van der Waals surface area contributed by atoms with Crippen LogP contribution in [0.2, 0.25) is 0 Å². The number of halogens is 1. The van der Waals surface area contributed by atoms with E-state index < -0.39 is 0 Å². The number of nitrogens with zero attached hydrogens (tertiary/aromatic N) is 1. The van der Waals surface area contributed by atoms with E-state index in [4.69, 9.17) is 0 Å². The number of aromatic nitrogens is 1. The standard InChI is InChI=1S/C12H11BrN2OS/c1-7(16)10-11(17-12(14-2)15-10)8-3-5-9(13)6-4-8/h3-6H,1-2H3,(H,14,15). The second-order valence-corrected chi connectivity index (χ2v) is 5.42. The molecule has 0 saturated heterocycles. The molecule has 0 aliphatic carbocycles. The molecule has 0 amide bonds. The Morgan fingerprint density at radius 2 is 2.00 bits per heavy atom. The SMILES string of the molecule is CNc1nc(C(C)=O)c(-c2ccc(Br)cc2)s1. The Morgan fingerprint density at radius 3 is 2.53 bits per heavy atom. The smallest absolute Gasteiger partial charge is 0.183 e. The topological polar surface area (TPSA) is 42.0 Å². The van der Waals surface area contributed by atoms with Gasteiger partial charge in [0.2, 0.25) is 0 Å². The van der Waals surface area contributed by atoms with Crippen molar-refractivity contribution in [3.05, 3.63) is 34.4 Å². The second-order valence-electron chi connectivity index (χ2n) is 3.51. The summed E-state index contributed by atoms with van der Waals surface area (Å²) in [6.45, 7) is 1.54. The second kappa shape index (κ2) is 4.98. The summed E-state index contributed by atoms with van der Waals surface area (Å²) in [7, 11) is 1.80. The van der Waals surface area contributed by atoms with Crippen molar-refractivity contribution in [2.24, 2.45) is 0 Å². The average molecular weight is 311 g/mol. The highest BCUT2D eigenvalue weighted by Crippen LogP contribution is 2.33. The Hall–Kier alpha value is -1.20. The molecule has 2 aromatic rings. The molecule has 1 heterocycles. The van der Waals surface area contributed by atoms with Crippen molar-refractivity contribution in [3.8, 4) is 10.4 Å². The first-order chi connectivity index (χ1) is 8.11. The lowest BCUT2D eigenvalue weighted by Gasteiger charge is -1.99. The summed E-state index contributed by atoms with van der Waals surface area (Å²) in [5.74, 6) is -0.0133. The number of thiazole rings is 1. The van der Waals surface area contributed by atoms with E-state index in [0.29, 0.717) is 5.69 Å². The maximum Gasteiger partial charge on any atom is 0.183 e. The van der Waals surface area contributed by atoms with Gasteiger partial charge in [-0.2, -0.15) is 0 Å². The molecule has 0 atom stereocenters. The van der Waals surface area contributed by atoms with Crippen molar-refractivity contribution in [2.75, 3.05) is 12.4 Å². The van der Waals surface area contributed by atoms with E-state index in [1.165, 1.54) is 18.3 Å². The van der Waals surface area contributed by atoms with Crippen LogP contribution in [-0.2, 0) is 0 Å². The summed E-state index contributed by atoms with van der Waals surface area (Å²) in [6, 6.07) is 7.86. The fraction of sp³-hybridized carbons (Fsp3) is 0.167. The lowest BCUT2D eigenvalue weighted by molar-refractivity contribution is 0.101. The summed E-state index contributed by atoms with van der Waals surface area (Å²) in [5, 5.41) is 3.73. The molecule has 3 nitrogen and oxygen atoms in total. The van der Waals surface area contributed by atoms with Gasteiger partial charge in [0, 0.05) is 18.4 Å². The Balaban J connectivity index is 2.53. The Kier molecular flexibility index (Phi) is 3.59. The van der Waals surface area contributed by atoms with Gasteiger partial charge in [-0.05, 0) is 17.7 Å². The number of ketones is 1. The van der Waals surface area contributed by atoms with Crippen LogP contribution in [-0.4, -0.2) is 17.8 Å². The van der Waals surface area contributed by atoms with E-state index in [-0.39, 0.29) is 5.78 Å². The van der Waals surface area contributed by atoms with Crippen molar-refractivity contribution in [2.45, 2.75) is 6.92 Å². The zero-order valence-electron chi connectivity index (χ0n) is 9.45. The zero-order chi connectivity index (χ0) is 12.4. The molecule has 88 valence electrons. The fourth-order valence-electron chi connectivity index (χ4n) is 1.46. The molecule has 1 N–H and O–H groups in total. The van der Waals surface area contributed by atoms with Gasteiger partial charge >= 0.3 is 0 Å². The first kappa shape index (κ1) is 12.3. The minimum atomic E-state index is -0.0133. The maximum atomic E-state index is 11.5. The van der Waals surface area contributed by atoms with Gasteiger partial charge in [0.05, 0.1) is 4.88 Å². The number of carbonyl (C=O) groups is 1. The molecule has 5 heteroatoms. The molecule has 0 fully saturated rings. The molecule has 0 radical (unpaired) electrons. The number of hydrogen-bond acceptors (Lipinski definition) is 4. The van der Waals surface area contributed by atoms with Crippen LogP contribution in [0.1, 0.15) is 17.4 Å². The largest absolute Gasteiger partial charge is 0.365 e. The molecule has 1 aromatic carbocycles. The van der Waals surface area contributed by atoms with E-state index in [9.17, 15) is 4.79 Å². The minimum absolute atomic E-state index is 0.0133. The predicted octanol–water partition coefficient (Wildman–Crippen LogP) is 3.82. The Labute approximate surface area is 112 Å². The normalized spacial score (nSPS) is 10.3. The van der Waals surface area contributed by atoms with Gasteiger partial charge in [-0.3, -0.25) is 4.79 Å². The van der Waals surface area contributed by atoms with Gasteiger partial charge in [0.1, 0.15) is 5.69 Å². The highest BCUT2D eigenvalue weighted by Gasteiger charge is 2.15. The van der Waals surface area contributed by atoms with Crippen LogP contribution in [0.3, 0.4) is 0 Å². The lowest BCUT2D eigenvalue weighted by atomic mass is 10.1. The molecule has 17 heavy (non-hydrogen) atoms. The van der Waals surface area contributed by atoms with Crippen LogP contribution in [0.25, 0.3) is 10.4 Å². The Bertz CT molecular complexity index is 548. The molecule has 0 unspecified atom stereocenters. The van der Waals surface area contributed by atoms with E-state index >= 15 is 0 Å². The highest BCUT2D eigenvalue weighted by atomic mass is 79.9. The number of benzene rings is 1. The van der Waals surface area contributed by atoms with E-state index in [1.54, 1.807) is 7.05 Å². The van der Waals surface area contributed by atoms with Crippen LogP contribution < -0.4 is 5.32 Å². The van der Waals surface area contributed by atoms with Crippen LogP contribution in [0, 0.1) is 0 Å². The van der Waals surface area contributed by atoms with Crippen LogP contribution >= 0.6 is 27.3 Å². The zero-order valence-corrected chi connectivity index (χ0v) is 11.9. The van der Waals surface area contributed by atoms with Crippen molar-refractivity contribution in [1.82, 2.24) is 4.98 Å². The van der Waals surface area contributed by atoms with Crippen molar-refractivity contribution in [3.63, 3.8) is 0 Å². The molecular weight excluding hydrogens is 300 g/mol. The third-order valence-corrected chi connectivity index (χ3v) is 3.93. The van der Waals surface area contributed by atoms with E-state index in [2.05, 4.69) is 26.2 Å². The lowest BCUT2D eigenvalue weighted by Crippen LogP contribution is -1.95. The summed E-state index contributed by atoms with van der Waals surface area (Å²) >= 11 is 4.88. The number of rotatable bonds is 3. The quantitative estimate of drug-likeness (QED) is 0.876. The van der Waals surface area contributed by atoms with E-state index in [0.717, 1.165) is 20.0 Å². The molecule has 2 rings (SSSR count). The first-order valence-corrected chi connectivity index (χ1v) is 6.68. The number of carbonyl (C=O) groups excluding carboxylic acids is 1. The molecule has 0 aliphatic heterocycles. The summed E-state index contributed by atoms with van der Waals surface area (Å²) in [6.07, 6.45) is 0. The molecule has 0 spiro atoms. The first-order valence-electron chi connectivity index (χ1n) is 5.07. The molecule has 0 saturated carbocycles. The van der Waals surface area contributed by atoms with Gasteiger partial charge in [-0.25, -0.2) is 4.98 Å². The third-order valence-electron chi connectivity index (χ3n) is 2.28. The van der Waals surface area contributed by atoms with Gasteiger partial charge in [0.15, 0.2) is 10.9 Å². The summed E-state index contributed by atoms with van der Waals surface area (Å²) in [5.41, 5.74) is 1.54. The van der Waals surface area contributed by atoms with E-state index in [1.807, 2.05) is 24.3 Å². The predicted molar refractivity (Wildman–Crippen MR) is 74.8 cm³/mol. The molecule has 1 aromatic heterocycles. The average Bonchev–Trinajstić information content (AvgIpc) is 2.74. The van der Waals surface area contributed by atoms with Crippen molar-refractivity contribution >= 4 is 38.2 Å². The summed E-state index contributed by atoms with van der Waals surface area (Å²) < 4.78 is 1.02. The highest BCUT2D eigenvalue weighted by molar-refractivity contribution is 9.10. The van der Waals surface area contributed by atoms with Crippen LogP contribution in [0.4, 0.5) is 5.13 Å². The third kappa shape index (κ3) is 2.56. The van der Waals surface area contributed by atoms with Crippen molar-refractivity contribution in [1.29, 1.82) is 0 Å². The molecule has 0 bridgehead atoms. The fourth-order valence-corrected chi connectivity index (χ4v) is 2.70. The van der Waals surface area contributed by atoms with Crippen LogP contribution in [0.15, 0.2) is 28.7 Å². The van der Waals surface area contributed by atoms with Gasteiger partial charge < -0.3 is 5.32 Å². The van der Waals surface area contributed by atoms with Gasteiger partial charge in [-0.15, -0.1) is 0 Å². The molecule has 0 aliphatic rings. The monoisotopic (exact) mass is 310 g/mol. The number of anilines is 1. The number of Topliss-reactive ketones (excluding diaryl/α,β-unsaturated/α-hetero) is 1.